The number of aromatic nitrogens is 4. The molecule has 5 heteroatoms. The number of benzene rings is 9. The van der Waals surface area contributed by atoms with Gasteiger partial charge in [-0.1, -0.05) is 178 Å². The van der Waals surface area contributed by atoms with Gasteiger partial charge in [0.25, 0.3) is 6.33 Å². The summed E-state index contributed by atoms with van der Waals surface area (Å²) in [4.78, 5) is 4.99. The maximum Gasteiger partial charge on any atom is 0.269 e. The maximum atomic E-state index is 9.09. The molecule has 0 spiro atoms. The van der Waals surface area contributed by atoms with Gasteiger partial charge in [-0.3, -0.25) is 13.7 Å². The molecule has 0 unspecified atom stereocenters. The van der Waals surface area contributed by atoms with Crippen molar-refractivity contribution in [2.75, 3.05) is 0 Å². The molecule has 12 aromatic rings. The molecule has 16 rings (SSSR count). The van der Waals surface area contributed by atoms with E-state index in [4.69, 9.17) is 23.4 Å². The number of para-hydroxylation sites is 3. The summed E-state index contributed by atoms with van der Waals surface area (Å²) in [5, 5.41) is 2.13. The van der Waals surface area contributed by atoms with Crippen LogP contribution in [-0.4, -0.2) is 14.1 Å². The fourth-order valence-electron chi connectivity index (χ4n) is 10.4. The Balaban J connectivity index is 0.943. The molecule has 0 saturated carbocycles. The van der Waals surface area contributed by atoms with Crippen molar-refractivity contribution >= 4 is 32.8 Å². The Morgan fingerprint density at radius 1 is 0.534 bits per heavy atom. The van der Waals surface area contributed by atoms with E-state index in [1.165, 1.54) is 27.8 Å². The Morgan fingerprint density at radius 3 is 1.97 bits per heavy atom. The molecule has 5 nitrogen and oxygen atoms in total. The highest BCUT2D eigenvalue weighted by Gasteiger charge is 2.22. The Bertz CT molecular complexity index is 4510. The first-order chi connectivity index (χ1) is 39.9. The van der Waals surface area contributed by atoms with Crippen molar-refractivity contribution in [1.82, 2.24) is 14.1 Å². The Labute approximate surface area is 440 Å². The summed E-state index contributed by atoms with van der Waals surface area (Å²) >= 11 is 0. The normalized spacial score (nSPS) is 14.6. The highest BCUT2D eigenvalue weighted by molar-refractivity contribution is 6.11. The molecule has 3 heterocycles. The van der Waals surface area contributed by atoms with Crippen LogP contribution < -0.4 is 9.30 Å². The highest BCUT2D eigenvalue weighted by Crippen LogP contribution is 2.40. The van der Waals surface area contributed by atoms with E-state index in [0.29, 0.717) is 28.2 Å². The molecule has 3 aromatic heterocycles. The van der Waals surface area contributed by atoms with Crippen molar-refractivity contribution < 1.29 is 23.0 Å². The van der Waals surface area contributed by atoms with Gasteiger partial charge in [0.1, 0.15) is 17.3 Å². The number of nitrogens with zero attached hydrogens (tertiary/aromatic N) is 4. The van der Waals surface area contributed by atoms with Gasteiger partial charge in [0, 0.05) is 23.0 Å². The summed E-state index contributed by atoms with van der Waals surface area (Å²) in [5.74, 6) is 1.89. The average Bonchev–Trinajstić information content (AvgIpc) is 3.83. The van der Waals surface area contributed by atoms with Crippen LogP contribution in [0.4, 0.5) is 0 Å². The fraction of sp³-hybridized carbons (Fsp3) is 0.118. The number of imidazole rings is 1. The Morgan fingerprint density at radius 2 is 1.22 bits per heavy atom. The van der Waals surface area contributed by atoms with E-state index in [1.54, 1.807) is 22.8 Å². The summed E-state index contributed by atoms with van der Waals surface area (Å²) in [7, 11) is 0. The molecular weight excluding hydrogens is 889 g/mol. The molecule has 0 fully saturated rings. The minimum Gasteiger partial charge on any atom is -0.458 e. The number of ether oxygens (including phenoxy) is 1. The van der Waals surface area contributed by atoms with Crippen LogP contribution in [-0.2, 0) is 31.1 Å². The standard InChI is InChI=1S/C68H54N4O/c1-68(2,3)53-38-39-69-66(42-53)72-62-37-34-52(60-40-48-29-28-46-24-26-47(27-25-46)30-32-51(60)33-31-48)41-61(62)59-36-35-56(44-65(59)72)73-55-19-12-18-54(43-55)70-45-71(64-23-11-10-22-63(64)70)67-57(49-14-6-4-7-15-49)20-13-21-58(67)50-16-8-5-9-17-50/h4-27,31,33-44H,28-30,32H2,1-3H3/i4D,5D,6D,7D,8D,9D,14D,15D,16D,17D. The molecule has 0 N–H and O–H groups in total. The Hall–Kier alpha value is -8.80. The van der Waals surface area contributed by atoms with Gasteiger partial charge < -0.3 is 4.74 Å². The van der Waals surface area contributed by atoms with Gasteiger partial charge in [-0.05, 0) is 147 Å². The zero-order valence-corrected chi connectivity index (χ0v) is 40.6. The molecule has 4 aliphatic rings. The van der Waals surface area contributed by atoms with Crippen LogP contribution >= 0.6 is 0 Å². The quantitative estimate of drug-likeness (QED) is 0.112. The van der Waals surface area contributed by atoms with Gasteiger partial charge in [-0.15, -0.1) is 0 Å². The second-order valence-corrected chi connectivity index (χ2v) is 19.8. The van der Waals surface area contributed by atoms with E-state index < -0.39 is 60.4 Å². The summed E-state index contributed by atoms with van der Waals surface area (Å²) in [6.45, 7) is 6.60. The van der Waals surface area contributed by atoms with Crippen LogP contribution in [0.1, 0.15) is 62.3 Å². The molecule has 73 heavy (non-hydrogen) atoms. The first-order valence-corrected chi connectivity index (χ1v) is 24.7. The molecule has 0 radical (unpaired) electrons. The lowest BCUT2D eigenvalue weighted by Gasteiger charge is -2.20. The zero-order chi connectivity index (χ0) is 57.7. The fourth-order valence-corrected chi connectivity index (χ4v) is 10.4. The summed E-state index contributed by atoms with van der Waals surface area (Å²) < 4.78 is 100. The number of rotatable bonds is 8. The van der Waals surface area contributed by atoms with Crippen molar-refractivity contribution in [1.29, 1.82) is 0 Å². The molecule has 0 aliphatic heterocycles. The van der Waals surface area contributed by atoms with Crippen LogP contribution in [0.15, 0.2) is 224 Å². The zero-order valence-electron chi connectivity index (χ0n) is 50.6. The van der Waals surface area contributed by atoms with Crippen LogP contribution in [0.5, 0.6) is 11.5 Å². The lowest BCUT2D eigenvalue weighted by Crippen LogP contribution is -2.31. The number of aryl methyl sites for hydroxylation is 4. The summed E-state index contributed by atoms with van der Waals surface area (Å²) in [5.41, 5.74) is 12.8. The number of hydrogen-bond donors (Lipinski definition) is 0. The molecular formula is C68H54N4O. The van der Waals surface area contributed by atoms with Crippen molar-refractivity contribution in [2.45, 2.75) is 51.9 Å². The minimum absolute atomic E-state index is 0.130. The Kier molecular flexibility index (Phi) is 8.56. The lowest BCUT2D eigenvalue weighted by molar-refractivity contribution is -0.571. The number of hydrogen-bond acceptors (Lipinski definition) is 2. The molecule has 9 aromatic carbocycles. The van der Waals surface area contributed by atoms with Gasteiger partial charge in [-0.2, -0.15) is 0 Å². The highest BCUT2D eigenvalue weighted by atomic mass is 16.5. The average molecular weight is 953 g/mol. The van der Waals surface area contributed by atoms with Crippen molar-refractivity contribution in [3.8, 4) is 62.1 Å². The molecule has 0 atom stereocenters. The third-order valence-corrected chi connectivity index (χ3v) is 14.1. The van der Waals surface area contributed by atoms with E-state index in [9.17, 15) is 0 Å². The van der Waals surface area contributed by atoms with E-state index >= 15 is 0 Å². The van der Waals surface area contributed by atoms with E-state index in [1.807, 2.05) is 65.4 Å². The lowest BCUT2D eigenvalue weighted by atomic mass is 9.88. The van der Waals surface area contributed by atoms with Crippen LogP contribution in [0.2, 0.25) is 0 Å². The summed E-state index contributed by atoms with van der Waals surface area (Å²) in [6, 6.07) is 47.8. The topological polar surface area (TPSA) is 35.9 Å². The monoisotopic (exact) mass is 952 g/mol. The predicted octanol–water partition coefficient (Wildman–Crippen LogP) is 16.2. The molecule has 4 bridgehead atoms. The van der Waals surface area contributed by atoms with Gasteiger partial charge in [0.05, 0.1) is 47.1 Å². The number of fused-ring (bicyclic) bond motifs is 4. The van der Waals surface area contributed by atoms with Crippen LogP contribution in [0, 0.1) is 6.33 Å². The molecule has 4 aliphatic carbocycles. The van der Waals surface area contributed by atoms with Gasteiger partial charge >= 0.3 is 0 Å². The van der Waals surface area contributed by atoms with E-state index in [0.717, 1.165) is 64.4 Å². The SMILES string of the molecule is [2H]c1c([2H])c([2H])c(-c2cccc(-c3c([2H])c([2H])c([2H])c([2H])c3[2H])c2-[n+]2[c-]n(-c3cccc(Oc4ccc5c6cc(-c7cc8ccc7CCc7ccc(cc7)CC8)ccc6n(-c6cc(C(C)(C)C)ccn6)c5c4)c3)c3ccccc32)c([2H])c1[2H]. The van der Waals surface area contributed by atoms with E-state index in [-0.39, 0.29) is 33.4 Å². The predicted molar refractivity (Wildman–Crippen MR) is 299 cm³/mol. The third kappa shape index (κ3) is 8.27. The smallest absolute Gasteiger partial charge is 0.269 e. The molecule has 0 saturated heterocycles. The van der Waals surface area contributed by atoms with Gasteiger partial charge in [0.2, 0.25) is 0 Å². The molecule has 352 valence electrons. The van der Waals surface area contributed by atoms with Crippen molar-refractivity contribution in [3.63, 3.8) is 0 Å². The first kappa shape index (κ1) is 34.5. The second kappa shape index (κ2) is 18.1. The second-order valence-electron chi connectivity index (χ2n) is 19.8. The van der Waals surface area contributed by atoms with Crippen LogP contribution in [0.25, 0.3) is 83.4 Å². The van der Waals surface area contributed by atoms with Gasteiger partial charge in [0.15, 0.2) is 0 Å². The van der Waals surface area contributed by atoms with Gasteiger partial charge in [-0.25, -0.2) is 4.98 Å². The van der Waals surface area contributed by atoms with E-state index in [2.05, 4.69) is 117 Å². The largest absolute Gasteiger partial charge is 0.458 e. The maximum absolute atomic E-state index is 9.09. The molecule has 0 amide bonds. The van der Waals surface area contributed by atoms with Crippen molar-refractivity contribution in [2.24, 2.45) is 0 Å². The first-order valence-electron chi connectivity index (χ1n) is 29.7. The van der Waals surface area contributed by atoms with Crippen molar-refractivity contribution in [3.05, 3.63) is 258 Å². The summed E-state index contributed by atoms with van der Waals surface area (Å²) in [6.07, 6.45) is 9.16. The minimum atomic E-state index is -0.566. The number of pyridine rings is 1. The third-order valence-electron chi connectivity index (χ3n) is 14.1. The van der Waals surface area contributed by atoms with Crippen LogP contribution in [0.3, 0.4) is 0 Å².